The summed E-state index contributed by atoms with van der Waals surface area (Å²) >= 11 is 0. The van der Waals surface area contributed by atoms with Crippen LogP contribution >= 0.6 is 0 Å². The third-order valence-electron chi connectivity index (χ3n) is 1.37. The molecule has 0 unspecified atom stereocenters. The van der Waals surface area contributed by atoms with Gasteiger partial charge in [0.2, 0.25) is 0 Å². The summed E-state index contributed by atoms with van der Waals surface area (Å²) in [5, 5.41) is 0. The number of hydrogen-bond acceptors (Lipinski definition) is 4. The van der Waals surface area contributed by atoms with Crippen LogP contribution in [0.3, 0.4) is 0 Å². The molecule has 0 atom stereocenters. The third-order valence-corrected chi connectivity index (χ3v) is 1.57. The SMILES string of the molecule is CN(C)c1ccccc1.[N-]=[N+]S(=O)(=O)[O-].[Na+]. The normalized spacial score (nSPS) is 9.19. The summed E-state index contributed by atoms with van der Waals surface area (Å²) in [4.78, 5) is 2.08. The van der Waals surface area contributed by atoms with Crippen molar-refractivity contribution in [2.45, 2.75) is 0 Å². The molecule has 0 heterocycles. The van der Waals surface area contributed by atoms with Crippen molar-refractivity contribution in [2.75, 3.05) is 19.0 Å². The molecule has 6 nitrogen and oxygen atoms in total. The smallest absolute Gasteiger partial charge is 0.689 e. The van der Waals surface area contributed by atoms with Crippen LogP contribution in [0.4, 0.5) is 5.69 Å². The Hall–Kier alpha value is -0.470. The van der Waals surface area contributed by atoms with Crippen LogP contribution in [0.15, 0.2) is 30.3 Å². The molecule has 0 aliphatic heterocycles. The Morgan fingerprint density at radius 2 is 1.62 bits per heavy atom. The van der Waals surface area contributed by atoms with Crippen molar-refractivity contribution < 1.29 is 42.5 Å². The van der Waals surface area contributed by atoms with E-state index in [1.54, 1.807) is 0 Å². The quantitative estimate of drug-likeness (QED) is 0.332. The fourth-order valence-electron chi connectivity index (χ4n) is 0.726. The number of anilines is 1. The summed E-state index contributed by atoms with van der Waals surface area (Å²) in [6, 6.07) is 10.3. The predicted octanol–water partition coefficient (Wildman–Crippen LogP) is -2.44. The first-order chi connectivity index (χ1) is 6.87. The molecule has 0 fully saturated rings. The van der Waals surface area contributed by atoms with Crippen LogP contribution in [0.25, 0.3) is 5.53 Å². The maximum absolute atomic E-state index is 9.03. The zero-order chi connectivity index (χ0) is 11.9. The Labute approximate surface area is 117 Å². The van der Waals surface area contributed by atoms with Crippen LogP contribution in [0, 0.1) is 0 Å². The fourth-order valence-corrected chi connectivity index (χ4v) is 0.726. The van der Waals surface area contributed by atoms with Crippen LogP contribution < -0.4 is 39.0 Å². The monoisotopic (exact) mass is 252 g/mol. The predicted molar refractivity (Wildman–Crippen MR) is 56.0 cm³/mol. The minimum Gasteiger partial charge on any atom is -0.689 e. The molecular formula is C8H11N3NaO3S. The Balaban J connectivity index is 0. The van der Waals surface area contributed by atoms with Crippen LogP contribution in [-0.4, -0.2) is 27.1 Å². The number of para-hydroxylation sites is 1. The van der Waals surface area contributed by atoms with Gasteiger partial charge >= 0.3 is 39.9 Å². The second-order valence-corrected chi connectivity index (χ2v) is 3.76. The maximum Gasteiger partial charge on any atom is 1.00 e. The van der Waals surface area contributed by atoms with Gasteiger partial charge in [0.1, 0.15) is 0 Å². The minimum absolute atomic E-state index is 0. The molecular weight excluding hydrogens is 241 g/mol. The van der Waals surface area contributed by atoms with Crippen molar-refractivity contribution in [2.24, 2.45) is 0 Å². The molecule has 0 saturated carbocycles. The van der Waals surface area contributed by atoms with E-state index < -0.39 is 10.3 Å². The molecule has 8 heteroatoms. The van der Waals surface area contributed by atoms with Crippen molar-refractivity contribution in [1.82, 2.24) is 4.52 Å². The van der Waals surface area contributed by atoms with Crippen LogP contribution in [-0.2, 0) is 10.3 Å². The minimum atomic E-state index is -4.73. The average Bonchev–Trinajstić information content (AvgIpc) is 2.19. The van der Waals surface area contributed by atoms with Crippen molar-refractivity contribution >= 4 is 16.0 Å². The molecule has 0 bridgehead atoms. The largest absolute Gasteiger partial charge is 1.00 e. The molecule has 0 aromatic heterocycles. The standard InChI is InChI=1S/C8H11N.HN2O3S.Na/c1-9(2)8-6-4-3-5-7-8;1-2-6(3,4)5;/h3-7H,1-2H3;(H,3,4,5);/q;;+1/p-1. The molecule has 0 spiro atoms. The van der Waals surface area contributed by atoms with E-state index in [-0.39, 0.29) is 29.6 Å². The Kier molecular flexibility index (Phi) is 9.69. The molecule has 16 heavy (non-hydrogen) atoms. The molecule has 0 aliphatic carbocycles. The zero-order valence-corrected chi connectivity index (χ0v) is 12.2. The first-order valence-electron chi connectivity index (χ1n) is 3.91. The van der Waals surface area contributed by atoms with Crippen molar-refractivity contribution in [3.05, 3.63) is 35.9 Å². The second-order valence-electron chi connectivity index (χ2n) is 2.74. The van der Waals surface area contributed by atoms with E-state index in [1.165, 1.54) is 10.2 Å². The average molecular weight is 252 g/mol. The summed E-state index contributed by atoms with van der Waals surface area (Å²) in [5.41, 5.74) is 8.38. The Bertz CT molecular complexity index is 383. The topological polar surface area (TPSA) is 96.8 Å². The van der Waals surface area contributed by atoms with Gasteiger partial charge in [-0.15, -0.1) is 0 Å². The Morgan fingerprint density at radius 3 is 1.81 bits per heavy atom. The number of hydrogen-bond donors (Lipinski definition) is 0. The van der Waals surface area contributed by atoms with E-state index in [2.05, 4.69) is 17.0 Å². The van der Waals surface area contributed by atoms with Crippen molar-refractivity contribution in [1.29, 1.82) is 0 Å². The Morgan fingerprint density at radius 1 is 1.25 bits per heavy atom. The van der Waals surface area contributed by atoms with Gasteiger partial charge in [0.25, 0.3) is 0 Å². The maximum atomic E-state index is 9.03. The fraction of sp³-hybridized carbons (Fsp3) is 0.250. The summed E-state index contributed by atoms with van der Waals surface area (Å²) < 4.78 is 28.5. The van der Waals surface area contributed by atoms with Gasteiger partial charge < -0.3 is 15.0 Å². The van der Waals surface area contributed by atoms with Gasteiger partial charge in [-0.25, -0.2) is 0 Å². The van der Waals surface area contributed by atoms with Gasteiger partial charge in [-0.3, -0.25) is 0 Å². The van der Waals surface area contributed by atoms with Gasteiger partial charge in [0.05, 0.1) is 4.52 Å². The van der Waals surface area contributed by atoms with E-state index in [0.717, 1.165) is 0 Å². The molecule has 1 rings (SSSR count). The van der Waals surface area contributed by atoms with Gasteiger partial charge in [-0.05, 0) is 12.1 Å². The molecule has 1 radical (unpaired) electrons. The summed E-state index contributed by atoms with van der Waals surface area (Å²) in [5.74, 6) is 0. The number of rotatable bonds is 2. The van der Waals surface area contributed by atoms with E-state index in [1.807, 2.05) is 32.3 Å². The summed E-state index contributed by atoms with van der Waals surface area (Å²) in [6.07, 6.45) is 0. The van der Waals surface area contributed by atoms with Gasteiger partial charge in [0, 0.05) is 19.8 Å². The van der Waals surface area contributed by atoms with E-state index in [4.69, 9.17) is 18.5 Å². The second kappa shape index (κ2) is 8.66. The first-order valence-corrected chi connectivity index (χ1v) is 5.28. The molecule has 0 saturated heterocycles. The van der Waals surface area contributed by atoms with E-state index in [9.17, 15) is 0 Å². The molecule has 0 aliphatic rings. The number of benzene rings is 1. The summed E-state index contributed by atoms with van der Waals surface area (Å²) in [7, 11) is -0.657. The molecule has 1 aromatic rings. The van der Waals surface area contributed by atoms with Gasteiger partial charge in [-0.1, -0.05) is 18.2 Å². The van der Waals surface area contributed by atoms with Crippen LogP contribution in [0.5, 0.6) is 0 Å². The zero-order valence-electron chi connectivity index (χ0n) is 9.36. The molecule has 0 amide bonds. The van der Waals surface area contributed by atoms with Crippen LogP contribution in [0.1, 0.15) is 0 Å². The van der Waals surface area contributed by atoms with Crippen molar-refractivity contribution in [3.63, 3.8) is 0 Å². The van der Waals surface area contributed by atoms with Crippen molar-refractivity contribution in [3.8, 4) is 0 Å². The molecule has 1 aromatic carbocycles. The third kappa shape index (κ3) is 10.1. The van der Waals surface area contributed by atoms with Gasteiger partial charge in [0.15, 0.2) is 0 Å². The molecule has 0 N–H and O–H groups in total. The van der Waals surface area contributed by atoms with Gasteiger partial charge in [-0.2, -0.15) is 8.42 Å². The first kappa shape index (κ1) is 17.9. The number of nitrogens with zero attached hydrogens (tertiary/aromatic N) is 3. The molecule has 83 valence electrons. The summed E-state index contributed by atoms with van der Waals surface area (Å²) in [6.45, 7) is 0. The van der Waals surface area contributed by atoms with Crippen LogP contribution in [0.2, 0.25) is 0 Å². The van der Waals surface area contributed by atoms with E-state index >= 15 is 0 Å². The van der Waals surface area contributed by atoms with E-state index in [0.29, 0.717) is 0 Å².